The van der Waals surface area contributed by atoms with Gasteiger partial charge < -0.3 is 15.5 Å². The van der Waals surface area contributed by atoms with Gasteiger partial charge in [-0.3, -0.25) is 4.79 Å². The number of hydrogen-bond acceptors (Lipinski definition) is 4. The van der Waals surface area contributed by atoms with Crippen LogP contribution in [0.25, 0.3) is 0 Å². The van der Waals surface area contributed by atoms with Crippen molar-refractivity contribution >= 4 is 44.8 Å². The third-order valence-corrected chi connectivity index (χ3v) is 4.14. The molecule has 19 heavy (non-hydrogen) atoms. The summed E-state index contributed by atoms with van der Waals surface area (Å²) in [4.78, 5) is 23.3. The molecular weight excluding hydrogens is 334 g/mol. The highest BCUT2D eigenvalue weighted by Crippen LogP contribution is 2.25. The van der Waals surface area contributed by atoms with Crippen LogP contribution in [0.2, 0.25) is 0 Å². The van der Waals surface area contributed by atoms with E-state index in [4.69, 9.17) is 5.11 Å². The Hall–Kier alpha value is -1.86. The number of aromatic hydroxyl groups is 1. The van der Waals surface area contributed by atoms with Crippen LogP contribution >= 0.6 is 27.3 Å². The highest BCUT2D eigenvalue weighted by atomic mass is 79.9. The molecule has 1 amide bonds. The summed E-state index contributed by atoms with van der Waals surface area (Å²) in [7, 11) is 0. The first-order chi connectivity index (χ1) is 8.99. The monoisotopic (exact) mass is 341 g/mol. The molecule has 1 heterocycles. The molecule has 1 aromatic carbocycles. The fraction of sp³-hybridized carbons (Fsp3) is 0. The summed E-state index contributed by atoms with van der Waals surface area (Å²) in [6, 6.07) is 5.61. The molecule has 0 radical (unpaired) electrons. The Kier molecular flexibility index (Phi) is 3.87. The molecule has 0 spiro atoms. The van der Waals surface area contributed by atoms with Crippen molar-refractivity contribution in [2.24, 2.45) is 0 Å². The molecule has 0 aliphatic heterocycles. The summed E-state index contributed by atoms with van der Waals surface area (Å²) >= 11 is 4.51. The highest BCUT2D eigenvalue weighted by Gasteiger charge is 2.14. The first-order valence-corrected chi connectivity index (χ1v) is 6.77. The second-order valence-corrected chi connectivity index (χ2v) is 5.36. The van der Waals surface area contributed by atoms with Crippen molar-refractivity contribution in [1.29, 1.82) is 0 Å². The maximum absolute atomic E-state index is 11.9. The zero-order valence-corrected chi connectivity index (χ0v) is 11.8. The lowest BCUT2D eigenvalue weighted by molar-refractivity contribution is 0.0693. The van der Waals surface area contributed by atoms with Gasteiger partial charge in [0.15, 0.2) is 0 Å². The Bertz CT molecular complexity index is 653. The minimum absolute atomic E-state index is 0.261. The number of benzene rings is 1. The summed E-state index contributed by atoms with van der Waals surface area (Å²) in [5.41, 5.74) is 0.0449. The minimum Gasteiger partial charge on any atom is -0.507 e. The molecular formula is C12H8BrNO4S. The van der Waals surface area contributed by atoms with Gasteiger partial charge in [-0.05, 0) is 45.6 Å². The number of aromatic carboxylic acids is 1. The van der Waals surface area contributed by atoms with Gasteiger partial charge in [0.2, 0.25) is 0 Å². The predicted molar refractivity (Wildman–Crippen MR) is 75.0 cm³/mol. The summed E-state index contributed by atoms with van der Waals surface area (Å²) in [6.45, 7) is 0. The van der Waals surface area contributed by atoms with E-state index >= 15 is 0 Å². The lowest BCUT2D eigenvalue weighted by atomic mass is 10.2. The molecule has 0 atom stereocenters. The maximum Gasteiger partial charge on any atom is 0.339 e. The molecule has 0 bridgehead atoms. The Morgan fingerprint density at radius 2 is 2.00 bits per heavy atom. The number of rotatable bonds is 3. The molecule has 1 aromatic heterocycles. The number of thiophene rings is 1. The van der Waals surface area contributed by atoms with Crippen molar-refractivity contribution in [2.75, 3.05) is 5.32 Å². The van der Waals surface area contributed by atoms with Crippen LogP contribution in [-0.4, -0.2) is 22.1 Å². The van der Waals surface area contributed by atoms with Gasteiger partial charge in [0.05, 0.1) is 0 Å². The summed E-state index contributed by atoms with van der Waals surface area (Å²) in [5.74, 6) is -1.95. The van der Waals surface area contributed by atoms with Gasteiger partial charge in [-0.1, -0.05) is 0 Å². The number of amides is 1. The van der Waals surface area contributed by atoms with E-state index in [1.165, 1.54) is 29.5 Å². The van der Waals surface area contributed by atoms with Crippen molar-refractivity contribution in [3.63, 3.8) is 0 Å². The van der Waals surface area contributed by atoms with Crippen LogP contribution in [0.5, 0.6) is 5.75 Å². The van der Waals surface area contributed by atoms with Crippen LogP contribution in [0.3, 0.4) is 0 Å². The molecule has 5 nitrogen and oxygen atoms in total. The number of anilines is 1. The molecule has 0 unspecified atom stereocenters. The van der Waals surface area contributed by atoms with Gasteiger partial charge in [-0.25, -0.2) is 4.79 Å². The number of carboxylic acids is 1. The molecule has 0 fully saturated rings. The fourth-order valence-electron chi connectivity index (χ4n) is 1.43. The first-order valence-electron chi connectivity index (χ1n) is 5.09. The molecule has 98 valence electrons. The van der Waals surface area contributed by atoms with E-state index in [0.29, 0.717) is 15.0 Å². The standard InChI is InChI=1S/C12H8BrNO4S/c13-8-3-4-19-10(8)11(16)14-6-1-2-9(15)7(5-6)12(17)18/h1-5,15H,(H,14,16)(H,17,18). The third kappa shape index (κ3) is 2.94. The maximum atomic E-state index is 11.9. The summed E-state index contributed by atoms with van der Waals surface area (Å²) in [5, 5.41) is 22.6. The first kappa shape index (κ1) is 13.6. The Morgan fingerprint density at radius 1 is 1.26 bits per heavy atom. The minimum atomic E-state index is -1.26. The fourth-order valence-corrected chi connectivity index (χ4v) is 2.88. The highest BCUT2D eigenvalue weighted by molar-refractivity contribution is 9.10. The topological polar surface area (TPSA) is 86.6 Å². The molecule has 2 aromatic rings. The number of carboxylic acid groups (broad SMARTS) is 1. The SMILES string of the molecule is O=C(O)c1cc(NC(=O)c2sccc2Br)ccc1O. The van der Waals surface area contributed by atoms with Crippen molar-refractivity contribution in [2.45, 2.75) is 0 Å². The summed E-state index contributed by atoms with van der Waals surface area (Å²) < 4.78 is 0.673. The van der Waals surface area contributed by atoms with Crippen molar-refractivity contribution in [1.82, 2.24) is 0 Å². The van der Waals surface area contributed by atoms with Crippen LogP contribution in [0.1, 0.15) is 20.0 Å². The van der Waals surface area contributed by atoms with Crippen LogP contribution in [0, 0.1) is 0 Å². The normalized spacial score (nSPS) is 10.2. The van der Waals surface area contributed by atoms with Gasteiger partial charge >= 0.3 is 5.97 Å². The van der Waals surface area contributed by atoms with Crippen molar-refractivity contribution in [3.8, 4) is 5.75 Å². The molecule has 3 N–H and O–H groups in total. The Labute approximate surface area is 120 Å². The van der Waals surface area contributed by atoms with Gasteiger partial charge in [0.25, 0.3) is 5.91 Å². The third-order valence-electron chi connectivity index (χ3n) is 2.31. The second-order valence-electron chi connectivity index (χ2n) is 3.59. The zero-order chi connectivity index (χ0) is 14.0. The number of hydrogen-bond donors (Lipinski definition) is 3. The summed E-state index contributed by atoms with van der Waals surface area (Å²) in [6.07, 6.45) is 0. The van der Waals surface area contributed by atoms with E-state index in [1.54, 1.807) is 11.4 Å². The van der Waals surface area contributed by atoms with Crippen LogP contribution in [-0.2, 0) is 0 Å². The van der Waals surface area contributed by atoms with E-state index in [1.807, 2.05) is 0 Å². The quantitative estimate of drug-likeness (QED) is 0.748. The van der Waals surface area contributed by atoms with Gasteiger partial charge in [0.1, 0.15) is 16.2 Å². The second kappa shape index (κ2) is 5.41. The number of carbonyl (C=O) groups is 2. The zero-order valence-electron chi connectivity index (χ0n) is 9.38. The predicted octanol–water partition coefficient (Wildman–Crippen LogP) is 3.17. The smallest absolute Gasteiger partial charge is 0.339 e. The molecule has 0 saturated heterocycles. The van der Waals surface area contributed by atoms with Crippen LogP contribution in [0.4, 0.5) is 5.69 Å². The molecule has 7 heteroatoms. The van der Waals surface area contributed by atoms with Crippen LogP contribution < -0.4 is 5.32 Å². The lowest BCUT2D eigenvalue weighted by Gasteiger charge is -2.06. The lowest BCUT2D eigenvalue weighted by Crippen LogP contribution is -2.11. The van der Waals surface area contributed by atoms with Gasteiger partial charge in [-0.2, -0.15) is 0 Å². The number of carbonyl (C=O) groups excluding carboxylic acids is 1. The number of phenols is 1. The van der Waals surface area contributed by atoms with E-state index in [-0.39, 0.29) is 17.2 Å². The van der Waals surface area contributed by atoms with Gasteiger partial charge in [0, 0.05) is 10.2 Å². The average Bonchev–Trinajstić information content (AvgIpc) is 2.77. The number of halogens is 1. The Morgan fingerprint density at radius 3 is 2.58 bits per heavy atom. The van der Waals surface area contributed by atoms with Gasteiger partial charge in [-0.15, -0.1) is 11.3 Å². The van der Waals surface area contributed by atoms with Crippen molar-refractivity contribution < 1.29 is 19.8 Å². The van der Waals surface area contributed by atoms with E-state index < -0.39 is 5.97 Å². The van der Waals surface area contributed by atoms with E-state index in [2.05, 4.69) is 21.2 Å². The van der Waals surface area contributed by atoms with E-state index in [9.17, 15) is 14.7 Å². The molecule has 0 saturated carbocycles. The largest absolute Gasteiger partial charge is 0.507 e. The molecule has 0 aliphatic rings. The van der Waals surface area contributed by atoms with Crippen LogP contribution in [0.15, 0.2) is 34.1 Å². The Balaban J connectivity index is 2.25. The average molecular weight is 342 g/mol. The van der Waals surface area contributed by atoms with E-state index in [0.717, 1.165) is 0 Å². The molecule has 0 aliphatic carbocycles. The number of nitrogens with one attached hydrogen (secondary N) is 1. The molecule has 2 rings (SSSR count). The van der Waals surface area contributed by atoms with Crippen molar-refractivity contribution in [3.05, 3.63) is 44.6 Å².